The molecule has 0 radical (unpaired) electrons. The van der Waals surface area contributed by atoms with Crippen molar-refractivity contribution in [3.05, 3.63) is 70.0 Å². The Hall–Kier alpha value is -2.44. The van der Waals surface area contributed by atoms with Gasteiger partial charge in [0.15, 0.2) is 0 Å². The van der Waals surface area contributed by atoms with Crippen molar-refractivity contribution >= 4 is 29.1 Å². The van der Waals surface area contributed by atoms with E-state index < -0.39 is 0 Å². The van der Waals surface area contributed by atoms with E-state index in [2.05, 4.69) is 15.5 Å². The molecule has 0 saturated carbocycles. The van der Waals surface area contributed by atoms with Crippen LogP contribution in [0.2, 0.25) is 10.0 Å². The number of halogens is 2. The highest BCUT2D eigenvalue weighted by Crippen LogP contribution is 2.23. The second-order valence-electron chi connectivity index (χ2n) is 5.37. The van der Waals surface area contributed by atoms with Gasteiger partial charge in [-0.3, -0.25) is 4.79 Å². The number of carbonyl (C=O) groups is 1. The smallest absolute Gasteiger partial charge is 0.254 e. The van der Waals surface area contributed by atoms with Crippen LogP contribution >= 0.6 is 23.2 Å². The first-order chi connectivity index (χ1) is 12.1. The quantitative estimate of drug-likeness (QED) is 0.682. The van der Waals surface area contributed by atoms with Crippen LogP contribution in [0.25, 0.3) is 5.69 Å². The van der Waals surface area contributed by atoms with Gasteiger partial charge < -0.3 is 4.90 Å². The van der Waals surface area contributed by atoms with Crippen molar-refractivity contribution in [3.63, 3.8) is 0 Å². The fraction of sp³-hybridized carbons (Fsp3) is 0.176. The van der Waals surface area contributed by atoms with Gasteiger partial charge in [0.05, 0.1) is 15.7 Å². The number of benzene rings is 2. The largest absolute Gasteiger partial charge is 0.335 e. The highest BCUT2D eigenvalue weighted by atomic mass is 35.5. The van der Waals surface area contributed by atoms with Gasteiger partial charge in [-0.25, -0.2) is 4.68 Å². The fourth-order valence-electron chi connectivity index (χ4n) is 2.43. The highest BCUT2D eigenvalue weighted by Gasteiger charge is 2.16. The molecule has 2 aromatic carbocycles. The zero-order chi connectivity index (χ0) is 17.8. The third-order valence-corrected chi connectivity index (χ3v) is 4.47. The molecule has 3 rings (SSSR count). The predicted octanol–water partition coefficient (Wildman–Crippen LogP) is 3.63. The Morgan fingerprint density at radius 3 is 2.68 bits per heavy atom. The van der Waals surface area contributed by atoms with Gasteiger partial charge in [-0.1, -0.05) is 35.3 Å². The Labute approximate surface area is 155 Å². The summed E-state index contributed by atoms with van der Waals surface area (Å²) < 4.78 is 1.51. The summed E-state index contributed by atoms with van der Waals surface area (Å²) in [6.45, 7) is 2.94. The molecule has 0 bridgehead atoms. The van der Waals surface area contributed by atoms with E-state index in [0.717, 1.165) is 11.3 Å². The number of hydrogen-bond donors (Lipinski definition) is 0. The molecule has 0 aliphatic carbocycles. The van der Waals surface area contributed by atoms with E-state index in [1.54, 1.807) is 35.2 Å². The molecule has 0 saturated heterocycles. The Morgan fingerprint density at radius 2 is 2.00 bits per heavy atom. The number of hydrogen-bond acceptors (Lipinski definition) is 4. The van der Waals surface area contributed by atoms with Crippen molar-refractivity contribution in [1.29, 1.82) is 0 Å². The molecule has 0 fully saturated rings. The Balaban J connectivity index is 1.82. The molecule has 0 aliphatic heterocycles. The van der Waals surface area contributed by atoms with Crippen LogP contribution in [-0.2, 0) is 6.54 Å². The summed E-state index contributed by atoms with van der Waals surface area (Å²) >= 11 is 12.0. The molecule has 8 heteroatoms. The van der Waals surface area contributed by atoms with Crippen molar-refractivity contribution in [2.24, 2.45) is 0 Å². The van der Waals surface area contributed by atoms with Gasteiger partial charge in [-0.15, -0.1) is 5.10 Å². The third-order valence-electron chi connectivity index (χ3n) is 3.73. The van der Waals surface area contributed by atoms with E-state index in [0.29, 0.717) is 28.7 Å². The van der Waals surface area contributed by atoms with Crippen molar-refractivity contribution in [2.75, 3.05) is 6.54 Å². The maximum absolute atomic E-state index is 12.9. The Kier molecular flexibility index (Phi) is 5.31. The van der Waals surface area contributed by atoms with Crippen LogP contribution in [0.15, 0.2) is 48.8 Å². The van der Waals surface area contributed by atoms with Crippen LogP contribution in [0.1, 0.15) is 22.8 Å². The lowest BCUT2D eigenvalue weighted by molar-refractivity contribution is 0.0752. The zero-order valence-electron chi connectivity index (χ0n) is 13.4. The predicted molar refractivity (Wildman–Crippen MR) is 96.0 cm³/mol. The minimum atomic E-state index is -0.0801. The number of tetrazole rings is 1. The summed E-state index contributed by atoms with van der Waals surface area (Å²) in [7, 11) is 0. The van der Waals surface area contributed by atoms with Crippen LogP contribution in [0.4, 0.5) is 0 Å². The zero-order valence-corrected chi connectivity index (χ0v) is 14.9. The molecule has 3 aromatic rings. The lowest BCUT2D eigenvalue weighted by Crippen LogP contribution is -2.30. The van der Waals surface area contributed by atoms with Crippen molar-refractivity contribution < 1.29 is 4.79 Å². The highest BCUT2D eigenvalue weighted by molar-refractivity contribution is 6.42. The standard InChI is InChI=1S/C17H15Cl2N5O/c1-2-23(10-12-6-7-15(18)16(19)8-12)17(25)13-4-3-5-14(9-13)24-11-20-21-22-24/h3-9,11H,2,10H2,1H3. The minimum absolute atomic E-state index is 0.0801. The summed E-state index contributed by atoms with van der Waals surface area (Å²) in [6, 6.07) is 12.5. The molecule has 0 atom stereocenters. The van der Waals surface area contributed by atoms with Crippen LogP contribution in [-0.4, -0.2) is 37.6 Å². The number of rotatable bonds is 5. The van der Waals surface area contributed by atoms with Crippen molar-refractivity contribution in [3.8, 4) is 5.69 Å². The molecule has 0 aliphatic rings. The maximum atomic E-state index is 12.9. The second-order valence-corrected chi connectivity index (χ2v) is 6.19. The minimum Gasteiger partial charge on any atom is -0.335 e. The van der Waals surface area contributed by atoms with Crippen molar-refractivity contribution in [1.82, 2.24) is 25.1 Å². The average Bonchev–Trinajstić information content (AvgIpc) is 3.17. The van der Waals surface area contributed by atoms with Gasteiger partial charge in [0.2, 0.25) is 0 Å². The molecule has 1 amide bonds. The maximum Gasteiger partial charge on any atom is 0.254 e. The molecule has 25 heavy (non-hydrogen) atoms. The first-order valence-electron chi connectivity index (χ1n) is 7.65. The number of carbonyl (C=O) groups excluding carboxylic acids is 1. The fourth-order valence-corrected chi connectivity index (χ4v) is 2.75. The molecule has 1 heterocycles. The van der Waals surface area contributed by atoms with Crippen LogP contribution in [0.3, 0.4) is 0 Å². The molecule has 128 valence electrons. The molecule has 0 spiro atoms. The van der Waals surface area contributed by atoms with E-state index >= 15 is 0 Å². The van der Waals surface area contributed by atoms with Crippen molar-refractivity contribution in [2.45, 2.75) is 13.5 Å². The van der Waals surface area contributed by atoms with E-state index in [1.807, 2.05) is 19.1 Å². The third kappa shape index (κ3) is 3.97. The van der Waals surface area contributed by atoms with Crippen LogP contribution in [0.5, 0.6) is 0 Å². The first kappa shape index (κ1) is 17.4. The van der Waals surface area contributed by atoms with E-state index in [9.17, 15) is 4.79 Å². The number of amides is 1. The topological polar surface area (TPSA) is 63.9 Å². The normalized spacial score (nSPS) is 10.7. The van der Waals surface area contributed by atoms with E-state index in [-0.39, 0.29) is 5.91 Å². The van der Waals surface area contributed by atoms with Crippen LogP contribution < -0.4 is 0 Å². The van der Waals surface area contributed by atoms with Crippen LogP contribution in [0, 0.1) is 0 Å². The molecular weight excluding hydrogens is 361 g/mol. The summed E-state index contributed by atoms with van der Waals surface area (Å²) in [5.74, 6) is -0.0801. The van der Waals surface area contributed by atoms with Gasteiger partial charge in [-0.05, 0) is 53.2 Å². The first-order valence-corrected chi connectivity index (χ1v) is 8.40. The SMILES string of the molecule is CCN(Cc1ccc(Cl)c(Cl)c1)C(=O)c1cccc(-n2cnnn2)c1. The summed E-state index contributed by atoms with van der Waals surface area (Å²) in [6.07, 6.45) is 1.48. The van der Waals surface area contributed by atoms with Gasteiger partial charge in [0.25, 0.3) is 5.91 Å². The lowest BCUT2D eigenvalue weighted by Gasteiger charge is -2.21. The molecule has 6 nitrogen and oxygen atoms in total. The molecule has 0 N–H and O–H groups in total. The van der Waals surface area contributed by atoms with E-state index in [4.69, 9.17) is 23.2 Å². The summed E-state index contributed by atoms with van der Waals surface area (Å²) in [4.78, 5) is 14.6. The van der Waals surface area contributed by atoms with Gasteiger partial charge >= 0.3 is 0 Å². The lowest BCUT2D eigenvalue weighted by atomic mass is 10.1. The number of nitrogens with zero attached hydrogens (tertiary/aromatic N) is 5. The van der Waals surface area contributed by atoms with Gasteiger partial charge in [0.1, 0.15) is 6.33 Å². The Morgan fingerprint density at radius 1 is 1.16 bits per heavy atom. The molecule has 0 unspecified atom stereocenters. The summed E-state index contributed by atoms with van der Waals surface area (Å²) in [5, 5.41) is 12.0. The Bertz CT molecular complexity index is 883. The second kappa shape index (κ2) is 7.63. The number of aromatic nitrogens is 4. The van der Waals surface area contributed by atoms with Gasteiger partial charge in [-0.2, -0.15) is 0 Å². The van der Waals surface area contributed by atoms with Gasteiger partial charge in [0, 0.05) is 18.7 Å². The molecular formula is C17H15Cl2N5O. The average molecular weight is 376 g/mol. The monoisotopic (exact) mass is 375 g/mol. The van der Waals surface area contributed by atoms with E-state index in [1.165, 1.54) is 11.0 Å². The summed E-state index contributed by atoms with van der Waals surface area (Å²) in [5.41, 5.74) is 2.21. The molecule has 1 aromatic heterocycles.